The van der Waals surface area contributed by atoms with Gasteiger partial charge in [-0.25, -0.2) is 18.7 Å². The second-order valence-electron chi connectivity index (χ2n) is 5.23. The molecule has 1 saturated carbocycles. The number of aromatic amines is 1. The molecule has 0 radical (unpaired) electrons. The first kappa shape index (κ1) is 14.4. The maximum absolute atomic E-state index is 13.1. The molecule has 2 aromatic rings. The summed E-state index contributed by atoms with van der Waals surface area (Å²) in [5.41, 5.74) is -1.23. The van der Waals surface area contributed by atoms with Gasteiger partial charge in [-0.3, -0.25) is 4.79 Å². The van der Waals surface area contributed by atoms with Crippen LogP contribution in [0, 0.1) is 5.41 Å². The summed E-state index contributed by atoms with van der Waals surface area (Å²) in [6.45, 7) is 0. The molecule has 3 rings (SSSR count). The number of tetrazole rings is 1. The number of benzene rings is 1. The summed E-state index contributed by atoms with van der Waals surface area (Å²) >= 11 is 0. The molecule has 1 aliphatic carbocycles. The summed E-state index contributed by atoms with van der Waals surface area (Å²) < 4.78 is 27.2. The van der Waals surface area contributed by atoms with Crippen LogP contribution < -0.4 is 11.0 Å². The van der Waals surface area contributed by atoms with Gasteiger partial charge < -0.3 is 5.32 Å². The van der Waals surface area contributed by atoms with Crippen LogP contribution in [0.1, 0.15) is 19.3 Å². The van der Waals surface area contributed by atoms with Crippen molar-refractivity contribution in [3.05, 3.63) is 34.7 Å². The van der Waals surface area contributed by atoms with E-state index in [9.17, 15) is 18.4 Å². The highest BCUT2D eigenvalue weighted by Gasteiger charge is 2.51. The molecule has 1 heterocycles. The highest BCUT2D eigenvalue weighted by atomic mass is 19.3. The zero-order valence-electron chi connectivity index (χ0n) is 11.4. The summed E-state index contributed by atoms with van der Waals surface area (Å²) in [6.07, 6.45) is -1.65. The van der Waals surface area contributed by atoms with E-state index in [1.807, 2.05) is 0 Å². The molecule has 0 bridgehead atoms. The van der Waals surface area contributed by atoms with Crippen LogP contribution in [0.2, 0.25) is 0 Å². The second-order valence-corrected chi connectivity index (χ2v) is 5.23. The molecule has 0 aliphatic heterocycles. The lowest BCUT2D eigenvalue weighted by atomic mass is 9.68. The highest BCUT2D eigenvalue weighted by molar-refractivity contribution is 5.96. The average Bonchev–Trinajstić information content (AvgIpc) is 2.84. The average molecular weight is 309 g/mol. The summed E-state index contributed by atoms with van der Waals surface area (Å²) in [5.74, 6) is -0.667. The van der Waals surface area contributed by atoms with Gasteiger partial charge in [-0.15, -0.1) is 0 Å². The maximum atomic E-state index is 13.1. The van der Waals surface area contributed by atoms with Crippen LogP contribution in [0.15, 0.2) is 29.1 Å². The highest BCUT2D eigenvalue weighted by Crippen LogP contribution is 2.46. The van der Waals surface area contributed by atoms with E-state index in [-0.39, 0.29) is 12.8 Å². The van der Waals surface area contributed by atoms with Gasteiger partial charge in [-0.2, -0.15) is 4.68 Å². The number of nitrogens with one attached hydrogen (secondary N) is 2. The fourth-order valence-corrected chi connectivity index (χ4v) is 2.41. The molecule has 0 atom stereocenters. The van der Waals surface area contributed by atoms with Gasteiger partial charge in [0.15, 0.2) is 0 Å². The van der Waals surface area contributed by atoms with Gasteiger partial charge in [0, 0.05) is 5.69 Å². The fourth-order valence-electron chi connectivity index (χ4n) is 2.41. The summed E-state index contributed by atoms with van der Waals surface area (Å²) in [5, 5.41) is 11.6. The number of aromatic nitrogens is 4. The van der Waals surface area contributed by atoms with Crippen LogP contribution in [-0.2, 0) is 4.79 Å². The minimum Gasteiger partial charge on any atom is -0.325 e. The van der Waals surface area contributed by atoms with Gasteiger partial charge in [0.2, 0.25) is 5.91 Å². The van der Waals surface area contributed by atoms with Gasteiger partial charge in [-0.1, -0.05) is 6.42 Å². The van der Waals surface area contributed by atoms with E-state index in [1.54, 1.807) is 0 Å². The maximum Gasteiger partial charge on any atom is 0.365 e. The van der Waals surface area contributed by atoms with Crippen molar-refractivity contribution < 1.29 is 13.6 Å². The van der Waals surface area contributed by atoms with Crippen molar-refractivity contribution in [1.29, 1.82) is 0 Å². The Kier molecular flexibility index (Phi) is 3.47. The molecule has 116 valence electrons. The molecule has 0 spiro atoms. The van der Waals surface area contributed by atoms with E-state index in [0.29, 0.717) is 17.8 Å². The van der Waals surface area contributed by atoms with E-state index in [2.05, 4.69) is 20.8 Å². The van der Waals surface area contributed by atoms with E-state index in [4.69, 9.17) is 0 Å². The van der Waals surface area contributed by atoms with Gasteiger partial charge in [0.1, 0.15) is 5.41 Å². The second kappa shape index (κ2) is 5.32. The van der Waals surface area contributed by atoms with Gasteiger partial charge in [-0.05, 0) is 47.5 Å². The number of rotatable bonds is 4. The molecule has 1 aliphatic rings. The molecular formula is C13H13F2N5O2. The van der Waals surface area contributed by atoms with Crippen LogP contribution in [-0.4, -0.2) is 32.5 Å². The van der Waals surface area contributed by atoms with Crippen molar-refractivity contribution in [3.63, 3.8) is 0 Å². The van der Waals surface area contributed by atoms with Crippen LogP contribution in [0.5, 0.6) is 0 Å². The molecule has 1 aromatic heterocycles. The summed E-state index contributed by atoms with van der Waals surface area (Å²) in [4.78, 5) is 23.4. The van der Waals surface area contributed by atoms with Crippen molar-refractivity contribution in [2.75, 3.05) is 5.32 Å². The zero-order chi connectivity index (χ0) is 15.7. The van der Waals surface area contributed by atoms with Crippen molar-refractivity contribution in [1.82, 2.24) is 20.2 Å². The molecule has 2 N–H and O–H groups in total. The number of nitrogens with zero attached hydrogens (tertiary/aromatic N) is 3. The van der Waals surface area contributed by atoms with E-state index in [0.717, 1.165) is 4.68 Å². The third kappa shape index (κ3) is 2.28. The third-order valence-corrected chi connectivity index (χ3v) is 3.96. The quantitative estimate of drug-likeness (QED) is 0.891. The predicted molar refractivity (Wildman–Crippen MR) is 72.9 cm³/mol. The number of carbonyl (C=O) groups excluding carboxylic acids is 1. The van der Waals surface area contributed by atoms with E-state index in [1.165, 1.54) is 24.3 Å². The first-order valence-corrected chi connectivity index (χ1v) is 6.73. The number of hydrogen-bond donors (Lipinski definition) is 2. The minimum absolute atomic E-state index is 0.197. The molecular weight excluding hydrogens is 296 g/mol. The lowest BCUT2D eigenvalue weighted by Crippen LogP contribution is -2.47. The number of halogens is 2. The molecule has 1 fully saturated rings. The normalized spacial score (nSPS) is 16.3. The van der Waals surface area contributed by atoms with Gasteiger partial charge >= 0.3 is 5.69 Å². The lowest BCUT2D eigenvalue weighted by molar-refractivity contribution is -0.144. The zero-order valence-corrected chi connectivity index (χ0v) is 11.4. The van der Waals surface area contributed by atoms with Crippen LogP contribution in [0.4, 0.5) is 14.5 Å². The topological polar surface area (TPSA) is 92.7 Å². The smallest absolute Gasteiger partial charge is 0.325 e. The van der Waals surface area contributed by atoms with Crippen LogP contribution in [0.25, 0.3) is 5.69 Å². The Morgan fingerprint density at radius 3 is 2.45 bits per heavy atom. The minimum atomic E-state index is -2.67. The van der Waals surface area contributed by atoms with Crippen molar-refractivity contribution in [2.45, 2.75) is 25.7 Å². The fraction of sp³-hybridized carbons (Fsp3) is 0.385. The third-order valence-electron chi connectivity index (χ3n) is 3.96. The van der Waals surface area contributed by atoms with Crippen molar-refractivity contribution in [2.24, 2.45) is 5.41 Å². The molecule has 7 nitrogen and oxygen atoms in total. The SMILES string of the molecule is O=C(Nc1ccc(-n2nn[nH]c2=O)cc1)C1(C(F)F)CCC1. The molecule has 22 heavy (non-hydrogen) atoms. The van der Waals surface area contributed by atoms with Gasteiger partial charge in [0.05, 0.1) is 5.69 Å². The van der Waals surface area contributed by atoms with Crippen LogP contribution in [0.3, 0.4) is 0 Å². The Bertz CT molecular complexity index is 733. The Labute approximate surface area is 123 Å². The molecule has 0 unspecified atom stereocenters. The molecule has 1 amide bonds. The summed E-state index contributed by atoms with van der Waals surface area (Å²) in [6, 6.07) is 6.11. The number of carbonyl (C=O) groups is 1. The Morgan fingerprint density at radius 2 is 2.00 bits per heavy atom. The number of amides is 1. The van der Waals surface area contributed by atoms with Crippen molar-refractivity contribution >= 4 is 11.6 Å². The summed E-state index contributed by atoms with van der Waals surface area (Å²) in [7, 11) is 0. The monoisotopic (exact) mass is 309 g/mol. The number of H-pyrrole nitrogens is 1. The molecule has 1 aromatic carbocycles. The van der Waals surface area contributed by atoms with Crippen molar-refractivity contribution in [3.8, 4) is 5.69 Å². The van der Waals surface area contributed by atoms with E-state index < -0.39 is 23.4 Å². The van der Waals surface area contributed by atoms with Gasteiger partial charge in [0.25, 0.3) is 6.43 Å². The Hall–Kier alpha value is -2.58. The molecule has 0 saturated heterocycles. The Balaban J connectivity index is 1.75. The Morgan fingerprint density at radius 1 is 1.32 bits per heavy atom. The van der Waals surface area contributed by atoms with Crippen LogP contribution >= 0.6 is 0 Å². The number of anilines is 1. The lowest BCUT2D eigenvalue weighted by Gasteiger charge is -2.39. The number of alkyl halides is 2. The first-order valence-electron chi connectivity index (χ1n) is 6.73. The van der Waals surface area contributed by atoms with E-state index >= 15 is 0 Å². The largest absolute Gasteiger partial charge is 0.365 e. The number of hydrogen-bond acceptors (Lipinski definition) is 4. The predicted octanol–water partition coefficient (Wildman–Crippen LogP) is 1.33. The first-order chi connectivity index (χ1) is 10.5. The standard InChI is InChI=1S/C13H13F2N5O2/c14-10(15)13(6-1-7-13)11(21)16-8-2-4-9(5-3-8)20-12(22)17-18-19-20/h2-5,10H,1,6-7H2,(H,16,21)(H,17,19,22). The molecule has 9 heteroatoms.